The zero-order valence-corrected chi connectivity index (χ0v) is 12.7. The van der Waals surface area contributed by atoms with Crippen LogP contribution in [0.15, 0.2) is 18.2 Å². The molecule has 114 valence electrons. The van der Waals surface area contributed by atoms with Crippen LogP contribution in [-0.2, 0) is 0 Å². The van der Waals surface area contributed by atoms with Crippen molar-refractivity contribution in [3.8, 4) is 0 Å². The van der Waals surface area contributed by atoms with Crippen LogP contribution >= 0.6 is 0 Å². The first-order valence-corrected chi connectivity index (χ1v) is 6.88. The Morgan fingerprint density at radius 3 is 2.30 bits per heavy atom. The second-order valence-corrected chi connectivity index (χ2v) is 5.76. The topological polar surface area (TPSA) is 32.5 Å². The van der Waals surface area contributed by atoms with E-state index in [0.717, 1.165) is 19.6 Å². The van der Waals surface area contributed by atoms with Crippen molar-refractivity contribution in [2.75, 3.05) is 44.4 Å². The molecule has 1 aromatic carbocycles. The molecular formula is C15H25F2N3. The summed E-state index contributed by atoms with van der Waals surface area (Å²) in [5, 5.41) is 0. The Balaban J connectivity index is 3.05. The number of anilines is 2. The second kappa shape index (κ2) is 7.43. The third kappa shape index (κ3) is 4.96. The van der Waals surface area contributed by atoms with Crippen molar-refractivity contribution in [3.05, 3.63) is 23.8 Å². The Hall–Kier alpha value is -1.36. The van der Waals surface area contributed by atoms with Gasteiger partial charge in [-0.1, -0.05) is 13.8 Å². The number of likely N-dealkylation sites (N-methyl/N-ethyl adjacent to an activating group) is 1. The Bertz CT molecular complexity index is 420. The summed E-state index contributed by atoms with van der Waals surface area (Å²) >= 11 is 0. The van der Waals surface area contributed by atoms with Crippen LogP contribution in [0, 0.1) is 5.92 Å². The van der Waals surface area contributed by atoms with Crippen molar-refractivity contribution in [1.82, 2.24) is 4.90 Å². The third-order valence-corrected chi connectivity index (χ3v) is 3.03. The Morgan fingerprint density at radius 2 is 1.80 bits per heavy atom. The lowest BCUT2D eigenvalue weighted by Crippen LogP contribution is -2.35. The molecular weight excluding hydrogens is 260 g/mol. The lowest BCUT2D eigenvalue weighted by atomic mass is 10.1. The molecule has 0 fully saturated rings. The average molecular weight is 285 g/mol. The molecule has 0 saturated carbocycles. The lowest BCUT2D eigenvalue weighted by Gasteiger charge is -2.30. The number of hydrogen-bond donors (Lipinski definition) is 1. The zero-order chi connectivity index (χ0) is 15.3. The molecule has 0 unspecified atom stereocenters. The number of rotatable bonds is 7. The summed E-state index contributed by atoms with van der Waals surface area (Å²) in [5.74, 6) is 0.403. The standard InChI is InChI=1S/C15H25F2N3/c1-11(2)10-20(8-7-19(3)4)14-6-5-12(18)9-13(14)15(16)17/h5-6,9,11,15H,7-8,10,18H2,1-4H3. The van der Waals surface area contributed by atoms with Gasteiger partial charge in [0.05, 0.1) is 0 Å². The Labute approximate surface area is 120 Å². The molecule has 0 radical (unpaired) electrons. The number of nitrogen functional groups attached to an aromatic ring is 1. The third-order valence-electron chi connectivity index (χ3n) is 3.03. The zero-order valence-electron chi connectivity index (χ0n) is 12.7. The van der Waals surface area contributed by atoms with E-state index in [1.807, 2.05) is 23.9 Å². The van der Waals surface area contributed by atoms with Gasteiger partial charge in [0.2, 0.25) is 0 Å². The number of halogens is 2. The van der Waals surface area contributed by atoms with Gasteiger partial charge in [-0.25, -0.2) is 8.78 Å². The summed E-state index contributed by atoms with van der Waals surface area (Å²) in [5.41, 5.74) is 6.61. The number of nitrogens with two attached hydrogens (primary N) is 1. The largest absolute Gasteiger partial charge is 0.399 e. The molecule has 0 heterocycles. The Morgan fingerprint density at radius 1 is 1.15 bits per heavy atom. The van der Waals surface area contributed by atoms with Crippen LogP contribution < -0.4 is 10.6 Å². The van der Waals surface area contributed by atoms with E-state index in [9.17, 15) is 8.78 Å². The van der Waals surface area contributed by atoms with Crippen molar-refractivity contribution < 1.29 is 8.78 Å². The minimum atomic E-state index is -2.51. The van der Waals surface area contributed by atoms with E-state index in [1.54, 1.807) is 12.1 Å². The van der Waals surface area contributed by atoms with Crippen LogP contribution in [0.2, 0.25) is 0 Å². The van der Waals surface area contributed by atoms with Gasteiger partial charge in [-0.15, -0.1) is 0 Å². The van der Waals surface area contributed by atoms with Crippen molar-refractivity contribution in [3.63, 3.8) is 0 Å². The molecule has 1 aromatic rings. The molecule has 0 aliphatic carbocycles. The molecule has 0 spiro atoms. The number of nitrogens with zero attached hydrogens (tertiary/aromatic N) is 2. The lowest BCUT2D eigenvalue weighted by molar-refractivity contribution is 0.152. The van der Waals surface area contributed by atoms with Crippen molar-refractivity contribution in [1.29, 1.82) is 0 Å². The van der Waals surface area contributed by atoms with Gasteiger partial charge >= 0.3 is 0 Å². The molecule has 1 rings (SSSR count). The molecule has 0 saturated heterocycles. The minimum absolute atomic E-state index is 0.0180. The van der Waals surface area contributed by atoms with Crippen molar-refractivity contribution in [2.45, 2.75) is 20.3 Å². The summed E-state index contributed by atoms with van der Waals surface area (Å²) in [4.78, 5) is 4.07. The van der Waals surface area contributed by atoms with Crippen LogP contribution in [0.3, 0.4) is 0 Å². The average Bonchev–Trinajstić information content (AvgIpc) is 2.33. The van der Waals surface area contributed by atoms with Crippen LogP contribution in [0.5, 0.6) is 0 Å². The maximum atomic E-state index is 13.2. The van der Waals surface area contributed by atoms with Gasteiger partial charge in [-0.2, -0.15) is 0 Å². The fourth-order valence-electron chi connectivity index (χ4n) is 2.11. The van der Waals surface area contributed by atoms with Crippen LogP contribution in [-0.4, -0.2) is 38.6 Å². The van der Waals surface area contributed by atoms with E-state index in [1.165, 1.54) is 6.07 Å². The van der Waals surface area contributed by atoms with E-state index in [4.69, 9.17) is 5.73 Å². The highest BCUT2D eigenvalue weighted by Gasteiger charge is 2.19. The minimum Gasteiger partial charge on any atom is -0.399 e. The fourth-order valence-corrected chi connectivity index (χ4v) is 2.11. The number of benzene rings is 1. The van der Waals surface area contributed by atoms with Crippen molar-refractivity contribution in [2.24, 2.45) is 5.92 Å². The molecule has 5 heteroatoms. The van der Waals surface area contributed by atoms with Crippen LogP contribution in [0.1, 0.15) is 25.8 Å². The normalized spacial score (nSPS) is 11.7. The highest BCUT2D eigenvalue weighted by Crippen LogP contribution is 2.32. The molecule has 2 N–H and O–H groups in total. The number of alkyl halides is 2. The molecule has 0 aliphatic heterocycles. The van der Waals surface area contributed by atoms with Crippen molar-refractivity contribution >= 4 is 11.4 Å². The summed E-state index contributed by atoms with van der Waals surface area (Å²) in [6, 6.07) is 4.77. The van der Waals surface area contributed by atoms with Crippen LogP contribution in [0.25, 0.3) is 0 Å². The van der Waals surface area contributed by atoms with E-state index in [2.05, 4.69) is 13.8 Å². The predicted molar refractivity (Wildman–Crippen MR) is 81.4 cm³/mol. The van der Waals surface area contributed by atoms with Gasteiger partial charge < -0.3 is 15.5 Å². The molecule has 0 amide bonds. The van der Waals surface area contributed by atoms with Gasteiger partial charge in [0.25, 0.3) is 6.43 Å². The van der Waals surface area contributed by atoms with Gasteiger partial charge in [-0.05, 0) is 38.2 Å². The van der Waals surface area contributed by atoms with E-state index >= 15 is 0 Å². The van der Waals surface area contributed by atoms with E-state index in [-0.39, 0.29) is 5.56 Å². The molecule has 0 aliphatic rings. The first-order chi connectivity index (χ1) is 9.31. The van der Waals surface area contributed by atoms with E-state index < -0.39 is 6.43 Å². The Kier molecular flexibility index (Phi) is 6.20. The second-order valence-electron chi connectivity index (χ2n) is 5.76. The smallest absolute Gasteiger partial charge is 0.265 e. The van der Waals surface area contributed by atoms with Gasteiger partial charge in [-0.3, -0.25) is 0 Å². The monoisotopic (exact) mass is 285 g/mol. The first kappa shape index (κ1) is 16.7. The highest BCUT2D eigenvalue weighted by molar-refractivity contribution is 5.60. The molecule has 3 nitrogen and oxygen atoms in total. The first-order valence-electron chi connectivity index (χ1n) is 6.88. The maximum Gasteiger partial charge on any atom is 0.265 e. The summed E-state index contributed by atoms with van der Waals surface area (Å²) < 4.78 is 26.4. The molecule has 0 bridgehead atoms. The van der Waals surface area contributed by atoms with Gasteiger partial charge in [0.15, 0.2) is 0 Å². The van der Waals surface area contributed by atoms with Gasteiger partial charge in [0.1, 0.15) is 0 Å². The molecule has 0 aromatic heterocycles. The number of hydrogen-bond acceptors (Lipinski definition) is 3. The fraction of sp³-hybridized carbons (Fsp3) is 0.600. The predicted octanol–water partition coefficient (Wildman–Crippen LogP) is 3.23. The van der Waals surface area contributed by atoms with E-state index in [0.29, 0.717) is 17.3 Å². The maximum absolute atomic E-state index is 13.2. The van der Waals surface area contributed by atoms with Crippen LogP contribution in [0.4, 0.5) is 20.2 Å². The SMILES string of the molecule is CC(C)CN(CCN(C)C)c1ccc(N)cc1C(F)F. The quantitative estimate of drug-likeness (QED) is 0.781. The summed E-state index contributed by atoms with van der Waals surface area (Å²) in [7, 11) is 3.95. The summed E-state index contributed by atoms with van der Waals surface area (Å²) in [6.07, 6.45) is -2.51. The molecule has 0 atom stereocenters. The summed E-state index contributed by atoms with van der Waals surface area (Å²) in [6.45, 7) is 6.45. The molecule has 20 heavy (non-hydrogen) atoms. The highest BCUT2D eigenvalue weighted by atomic mass is 19.3. The van der Waals surface area contributed by atoms with Gasteiger partial charge in [0, 0.05) is 36.6 Å².